The SMILES string of the molecule is c1ncc(C2NCC3CC32)s1. The molecule has 1 N–H and O–H groups in total. The number of rotatable bonds is 1. The highest BCUT2D eigenvalue weighted by Gasteiger charge is 2.48. The van der Waals surface area contributed by atoms with E-state index >= 15 is 0 Å². The fourth-order valence-electron chi connectivity index (χ4n) is 2.03. The normalized spacial score (nSPS) is 40.5. The number of piperidine rings is 1. The predicted molar refractivity (Wildman–Crippen MR) is 44.5 cm³/mol. The molecular formula is C8H10N2S. The van der Waals surface area contributed by atoms with Crippen LogP contribution in [-0.4, -0.2) is 11.5 Å². The minimum atomic E-state index is 0.646. The molecule has 3 heteroatoms. The summed E-state index contributed by atoms with van der Waals surface area (Å²) in [6, 6.07) is 0.646. The van der Waals surface area contributed by atoms with Crippen molar-refractivity contribution in [2.24, 2.45) is 11.8 Å². The summed E-state index contributed by atoms with van der Waals surface area (Å²) in [5.74, 6) is 1.93. The van der Waals surface area contributed by atoms with E-state index in [9.17, 15) is 0 Å². The highest BCUT2D eigenvalue weighted by Crippen LogP contribution is 2.52. The van der Waals surface area contributed by atoms with Crippen LogP contribution in [0.25, 0.3) is 0 Å². The lowest BCUT2D eigenvalue weighted by molar-refractivity contribution is 0.571. The minimum absolute atomic E-state index is 0.646. The predicted octanol–water partition coefficient (Wildman–Crippen LogP) is 1.42. The number of nitrogens with one attached hydrogen (secondary N) is 1. The molecule has 0 aromatic carbocycles. The van der Waals surface area contributed by atoms with Gasteiger partial charge in [-0.25, -0.2) is 0 Å². The molecule has 2 aliphatic rings. The second-order valence-corrected chi connectivity index (χ2v) is 4.37. The summed E-state index contributed by atoms with van der Waals surface area (Å²) in [7, 11) is 0. The van der Waals surface area contributed by atoms with Crippen molar-refractivity contribution in [2.45, 2.75) is 12.5 Å². The second kappa shape index (κ2) is 2.05. The summed E-state index contributed by atoms with van der Waals surface area (Å²) in [5, 5.41) is 3.53. The van der Waals surface area contributed by atoms with Gasteiger partial charge in [0.2, 0.25) is 0 Å². The lowest BCUT2D eigenvalue weighted by Gasteiger charge is -2.08. The fourth-order valence-corrected chi connectivity index (χ4v) is 2.80. The van der Waals surface area contributed by atoms with Gasteiger partial charge in [0.05, 0.1) is 5.51 Å². The Labute approximate surface area is 69.7 Å². The van der Waals surface area contributed by atoms with Crippen molar-refractivity contribution in [2.75, 3.05) is 6.54 Å². The Morgan fingerprint density at radius 1 is 1.64 bits per heavy atom. The summed E-state index contributed by atoms with van der Waals surface area (Å²) >= 11 is 1.78. The number of fused-ring (bicyclic) bond motifs is 1. The molecule has 11 heavy (non-hydrogen) atoms. The average Bonchev–Trinajstić information content (AvgIpc) is 2.54. The molecule has 1 saturated carbocycles. The summed E-state index contributed by atoms with van der Waals surface area (Å²) in [6.45, 7) is 1.23. The number of nitrogens with zero attached hydrogens (tertiary/aromatic N) is 1. The molecule has 0 radical (unpaired) electrons. The van der Waals surface area contributed by atoms with Gasteiger partial charge >= 0.3 is 0 Å². The van der Waals surface area contributed by atoms with E-state index in [1.807, 2.05) is 11.7 Å². The molecule has 0 amide bonds. The maximum absolute atomic E-state index is 4.10. The van der Waals surface area contributed by atoms with E-state index in [1.165, 1.54) is 17.8 Å². The molecule has 1 aliphatic carbocycles. The smallest absolute Gasteiger partial charge is 0.0794 e. The first-order valence-electron chi connectivity index (χ1n) is 4.07. The van der Waals surface area contributed by atoms with Crippen LogP contribution in [0.1, 0.15) is 17.3 Å². The van der Waals surface area contributed by atoms with Crippen molar-refractivity contribution in [3.63, 3.8) is 0 Å². The molecule has 1 aromatic heterocycles. The van der Waals surface area contributed by atoms with Crippen LogP contribution in [0.15, 0.2) is 11.7 Å². The Balaban J connectivity index is 1.89. The van der Waals surface area contributed by atoms with E-state index in [2.05, 4.69) is 10.3 Å². The highest BCUT2D eigenvalue weighted by molar-refractivity contribution is 7.09. The standard InChI is InChI=1S/C8H10N2S/c1-5-2-10-8(6(1)5)7-3-9-4-11-7/h3-6,8,10H,1-2H2. The zero-order valence-electron chi connectivity index (χ0n) is 6.16. The maximum atomic E-state index is 4.10. The van der Waals surface area contributed by atoms with Crippen LogP contribution in [-0.2, 0) is 0 Å². The minimum Gasteiger partial charge on any atom is -0.309 e. The molecule has 0 bridgehead atoms. The van der Waals surface area contributed by atoms with E-state index in [-0.39, 0.29) is 0 Å². The molecular weight excluding hydrogens is 156 g/mol. The second-order valence-electron chi connectivity index (χ2n) is 3.45. The van der Waals surface area contributed by atoms with Gasteiger partial charge in [0.15, 0.2) is 0 Å². The first kappa shape index (κ1) is 6.14. The Hall–Kier alpha value is -0.410. The van der Waals surface area contributed by atoms with E-state index < -0.39 is 0 Å². The van der Waals surface area contributed by atoms with Gasteiger partial charge in [-0.2, -0.15) is 0 Å². The number of hydrogen-bond acceptors (Lipinski definition) is 3. The summed E-state index contributed by atoms with van der Waals surface area (Å²) < 4.78 is 0. The third kappa shape index (κ3) is 0.844. The van der Waals surface area contributed by atoms with Crippen LogP contribution in [0.2, 0.25) is 0 Å². The molecule has 0 spiro atoms. The zero-order chi connectivity index (χ0) is 7.26. The van der Waals surface area contributed by atoms with Gasteiger partial charge in [-0.3, -0.25) is 4.98 Å². The van der Waals surface area contributed by atoms with E-state index in [0.717, 1.165) is 11.8 Å². The topological polar surface area (TPSA) is 24.9 Å². The third-order valence-corrected chi connectivity index (χ3v) is 3.62. The highest BCUT2D eigenvalue weighted by atomic mass is 32.1. The summed E-state index contributed by atoms with van der Waals surface area (Å²) in [5.41, 5.74) is 1.92. The van der Waals surface area contributed by atoms with Crippen molar-refractivity contribution in [3.05, 3.63) is 16.6 Å². The number of thiazole rings is 1. The first-order valence-corrected chi connectivity index (χ1v) is 4.95. The van der Waals surface area contributed by atoms with Crippen molar-refractivity contribution in [3.8, 4) is 0 Å². The fraction of sp³-hybridized carbons (Fsp3) is 0.625. The van der Waals surface area contributed by atoms with Gasteiger partial charge in [-0.1, -0.05) is 0 Å². The molecule has 2 fully saturated rings. The quantitative estimate of drug-likeness (QED) is 0.682. The van der Waals surface area contributed by atoms with Gasteiger partial charge in [0.1, 0.15) is 0 Å². The summed E-state index contributed by atoms with van der Waals surface area (Å²) in [6.07, 6.45) is 3.44. The van der Waals surface area contributed by atoms with Gasteiger partial charge in [-0.15, -0.1) is 11.3 Å². The Kier molecular flexibility index (Phi) is 1.14. The van der Waals surface area contributed by atoms with Crippen molar-refractivity contribution < 1.29 is 0 Å². The first-order chi connectivity index (χ1) is 5.45. The zero-order valence-corrected chi connectivity index (χ0v) is 6.97. The van der Waals surface area contributed by atoms with E-state index in [4.69, 9.17) is 0 Å². The average molecular weight is 166 g/mol. The molecule has 2 heterocycles. The molecule has 1 aromatic rings. The maximum Gasteiger partial charge on any atom is 0.0794 e. The molecule has 3 unspecified atom stereocenters. The van der Waals surface area contributed by atoms with Crippen LogP contribution < -0.4 is 5.32 Å². The van der Waals surface area contributed by atoms with Crippen molar-refractivity contribution in [1.29, 1.82) is 0 Å². The lowest BCUT2D eigenvalue weighted by atomic mass is 10.2. The molecule has 1 saturated heterocycles. The van der Waals surface area contributed by atoms with E-state index in [1.54, 1.807) is 11.3 Å². The third-order valence-electron chi connectivity index (χ3n) is 2.76. The van der Waals surface area contributed by atoms with Gasteiger partial charge in [-0.05, 0) is 24.8 Å². The molecule has 3 rings (SSSR count). The Bertz CT molecular complexity index is 257. The Morgan fingerprint density at radius 3 is 3.18 bits per heavy atom. The van der Waals surface area contributed by atoms with Crippen molar-refractivity contribution in [1.82, 2.24) is 10.3 Å². The van der Waals surface area contributed by atoms with Gasteiger partial charge in [0, 0.05) is 17.1 Å². The summed E-state index contributed by atoms with van der Waals surface area (Å²) in [4.78, 5) is 5.52. The van der Waals surface area contributed by atoms with Gasteiger partial charge < -0.3 is 5.32 Å². The number of hydrogen-bond donors (Lipinski definition) is 1. The van der Waals surface area contributed by atoms with Crippen molar-refractivity contribution >= 4 is 11.3 Å². The van der Waals surface area contributed by atoms with Crippen LogP contribution in [0, 0.1) is 11.8 Å². The molecule has 1 aliphatic heterocycles. The van der Waals surface area contributed by atoms with Crippen LogP contribution >= 0.6 is 11.3 Å². The van der Waals surface area contributed by atoms with Crippen LogP contribution in [0.3, 0.4) is 0 Å². The van der Waals surface area contributed by atoms with Gasteiger partial charge in [0.25, 0.3) is 0 Å². The molecule has 3 atom stereocenters. The number of aromatic nitrogens is 1. The monoisotopic (exact) mass is 166 g/mol. The van der Waals surface area contributed by atoms with E-state index in [0.29, 0.717) is 6.04 Å². The molecule has 2 nitrogen and oxygen atoms in total. The van der Waals surface area contributed by atoms with Crippen LogP contribution in [0.4, 0.5) is 0 Å². The van der Waals surface area contributed by atoms with Crippen LogP contribution in [0.5, 0.6) is 0 Å². The lowest BCUT2D eigenvalue weighted by Crippen LogP contribution is -2.16. The largest absolute Gasteiger partial charge is 0.309 e. The Morgan fingerprint density at radius 2 is 2.64 bits per heavy atom. The molecule has 58 valence electrons.